The molecular formula is C14H9F3O. The van der Waals surface area contributed by atoms with Crippen molar-refractivity contribution in [2.24, 2.45) is 0 Å². The molecular weight excluding hydrogens is 241 g/mol. The van der Waals surface area contributed by atoms with E-state index in [0.717, 1.165) is 12.1 Å². The lowest BCUT2D eigenvalue weighted by Gasteiger charge is -2.05. The fourth-order valence-electron chi connectivity index (χ4n) is 1.63. The number of hydrogen-bond donors (Lipinski definition) is 0. The second kappa shape index (κ2) is 4.64. The molecule has 2 rings (SSSR count). The molecule has 0 aliphatic heterocycles. The zero-order valence-electron chi connectivity index (χ0n) is 9.51. The van der Waals surface area contributed by atoms with Crippen molar-refractivity contribution in [3.63, 3.8) is 0 Å². The van der Waals surface area contributed by atoms with Crippen molar-refractivity contribution in [3.05, 3.63) is 70.5 Å². The van der Waals surface area contributed by atoms with E-state index in [-0.39, 0.29) is 5.56 Å². The molecule has 0 saturated carbocycles. The molecule has 0 radical (unpaired) electrons. The number of hydrogen-bond acceptors (Lipinski definition) is 1. The minimum atomic E-state index is -1.26. The van der Waals surface area contributed by atoms with E-state index in [1.807, 2.05) is 0 Å². The van der Waals surface area contributed by atoms with E-state index >= 15 is 0 Å². The first-order chi connectivity index (χ1) is 8.50. The molecule has 0 bridgehead atoms. The monoisotopic (exact) mass is 250 g/mol. The zero-order valence-corrected chi connectivity index (χ0v) is 9.51. The molecule has 2 aromatic carbocycles. The summed E-state index contributed by atoms with van der Waals surface area (Å²) < 4.78 is 40.0. The Hall–Kier alpha value is -2.10. The molecule has 0 fully saturated rings. The molecule has 0 aromatic heterocycles. The smallest absolute Gasteiger partial charge is 0.199 e. The lowest BCUT2D eigenvalue weighted by molar-refractivity contribution is 0.103. The summed E-state index contributed by atoms with van der Waals surface area (Å²) in [7, 11) is 0. The van der Waals surface area contributed by atoms with Gasteiger partial charge >= 0.3 is 0 Å². The summed E-state index contributed by atoms with van der Waals surface area (Å²) in [6.45, 7) is 1.67. The number of ketones is 1. The maximum Gasteiger partial charge on any atom is 0.199 e. The molecule has 0 aliphatic rings. The lowest BCUT2D eigenvalue weighted by Crippen LogP contribution is -2.08. The second-order valence-electron chi connectivity index (χ2n) is 3.91. The summed E-state index contributed by atoms with van der Waals surface area (Å²) in [6, 6.07) is 7.20. The van der Waals surface area contributed by atoms with Gasteiger partial charge in [-0.1, -0.05) is 12.1 Å². The van der Waals surface area contributed by atoms with Gasteiger partial charge in [0.15, 0.2) is 17.4 Å². The quantitative estimate of drug-likeness (QED) is 0.743. The number of carbonyl (C=O) groups excluding carboxylic acids is 1. The van der Waals surface area contributed by atoms with Crippen molar-refractivity contribution in [2.45, 2.75) is 6.92 Å². The number of aryl methyl sites for hydroxylation is 1. The van der Waals surface area contributed by atoms with Crippen LogP contribution in [0, 0.1) is 24.4 Å². The van der Waals surface area contributed by atoms with Crippen LogP contribution in [0.2, 0.25) is 0 Å². The molecule has 0 aliphatic carbocycles. The first-order valence-corrected chi connectivity index (χ1v) is 5.25. The molecule has 0 N–H and O–H groups in total. The van der Waals surface area contributed by atoms with Crippen molar-refractivity contribution >= 4 is 5.78 Å². The van der Waals surface area contributed by atoms with E-state index < -0.39 is 28.8 Å². The van der Waals surface area contributed by atoms with E-state index in [0.29, 0.717) is 5.56 Å². The van der Waals surface area contributed by atoms with Gasteiger partial charge < -0.3 is 0 Å². The maximum atomic E-state index is 13.6. The summed E-state index contributed by atoms with van der Waals surface area (Å²) in [6.07, 6.45) is 0. The van der Waals surface area contributed by atoms with Gasteiger partial charge in [0.2, 0.25) is 0 Å². The van der Waals surface area contributed by atoms with Crippen LogP contribution >= 0.6 is 0 Å². The molecule has 92 valence electrons. The fourth-order valence-corrected chi connectivity index (χ4v) is 1.63. The zero-order chi connectivity index (χ0) is 13.3. The van der Waals surface area contributed by atoms with Gasteiger partial charge in [0, 0.05) is 0 Å². The second-order valence-corrected chi connectivity index (χ2v) is 3.91. The van der Waals surface area contributed by atoms with Crippen LogP contribution < -0.4 is 0 Å². The Morgan fingerprint density at radius 2 is 1.67 bits per heavy atom. The molecule has 1 nitrogen and oxygen atoms in total. The van der Waals surface area contributed by atoms with Gasteiger partial charge in [-0.3, -0.25) is 4.79 Å². The van der Waals surface area contributed by atoms with Crippen LogP contribution in [0.3, 0.4) is 0 Å². The molecule has 18 heavy (non-hydrogen) atoms. The highest BCUT2D eigenvalue weighted by Gasteiger charge is 2.19. The summed E-state index contributed by atoms with van der Waals surface area (Å²) in [5, 5.41) is 0. The summed E-state index contributed by atoms with van der Waals surface area (Å²) in [4.78, 5) is 11.9. The van der Waals surface area contributed by atoms with E-state index in [9.17, 15) is 18.0 Å². The van der Waals surface area contributed by atoms with Gasteiger partial charge in [-0.2, -0.15) is 0 Å². The Kier molecular flexibility index (Phi) is 3.19. The highest BCUT2D eigenvalue weighted by atomic mass is 19.2. The Morgan fingerprint density at radius 3 is 2.33 bits per heavy atom. The van der Waals surface area contributed by atoms with Crippen molar-refractivity contribution in [1.82, 2.24) is 0 Å². The highest BCUT2D eigenvalue weighted by Crippen LogP contribution is 2.18. The van der Waals surface area contributed by atoms with Crippen molar-refractivity contribution in [3.8, 4) is 0 Å². The Labute approximate surface area is 102 Å². The van der Waals surface area contributed by atoms with Crippen LogP contribution in [0.5, 0.6) is 0 Å². The first-order valence-electron chi connectivity index (χ1n) is 5.25. The average Bonchev–Trinajstić information content (AvgIpc) is 2.32. The third-order valence-electron chi connectivity index (χ3n) is 2.57. The number of benzene rings is 2. The van der Waals surface area contributed by atoms with Crippen LogP contribution in [-0.2, 0) is 0 Å². The van der Waals surface area contributed by atoms with E-state index in [1.165, 1.54) is 24.3 Å². The van der Waals surface area contributed by atoms with Crippen molar-refractivity contribution in [2.75, 3.05) is 0 Å². The molecule has 4 heteroatoms. The predicted molar refractivity (Wildman–Crippen MR) is 60.9 cm³/mol. The molecule has 2 aromatic rings. The SMILES string of the molecule is Cc1ccc(C(=O)c2cccc(F)c2F)c(F)c1. The third-order valence-corrected chi connectivity index (χ3v) is 2.57. The summed E-state index contributed by atoms with van der Waals surface area (Å²) in [5.41, 5.74) is -0.105. The van der Waals surface area contributed by atoms with E-state index in [1.54, 1.807) is 6.92 Å². The Morgan fingerprint density at radius 1 is 0.944 bits per heavy atom. The van der Waals surface area contributed by atoms with Gasteiger partial charge in [-0.15, -0.1) is 0 Å². The van der Waals surface area contributed by atoms with E-state index in [2.05, 4.69) is 0 Å². The lowest BCUT2D eigenvalue weighted by atomic mass is 10.0. The molecule has 0 unspecified atom stereocenters. The van der Waals surface area contributed by atoms with Crippen LogP contribution in [0.15, 0.2) is 36.4 Å². The fraction of sp³-hybridized carbons (Fsp3) is 0.0714. The largest absolute Gasteiger partial charge is 0.288 e. The van der Waals surface area contributed by atoms with Crippen molar-refractivity contribution < 1.29 is 18.0 Å². The predicted octanol–water partition coefficient (Wildman–Crippen LogP) is 3.64. The molecule has 0 amide bonds. The summed E-state index contributed by atoms with van der Waals surface area (Å²) in [5.74, 6) is -4.01. The van der Waals surface area contributed by atoms with Crippen LogP contribution in [0.1, 0.15) is 21.5 Å². The van der Waals surface area contributed by atoms with Crippen molar-refractivity contribution in [1.29, 1.82) is 0 Å². The van der Waals surface area contributed by atoms with E-state index in [4.69, 9.17) is 0 Å². The molecule has 0 heterocycles. The number of halogens is 3. The average molecular weight is 250 g/mol. The van der Waals surface area contributed by atoms with Crippen LogP contribution in [-0.4, -0.2) is 5.78 Å². The highest BCUT2D eigenvalue weighted by molar-refractivity contribution is 6.09. The standard InChI is InChI=1S/C14H9F3O/c1-8-5-6-9(12(16)7-8)14(18)10-3-2-4-11(15)13(10)17/h2-7H,1H3. The molecule has 0 atom stereocenters. The summed E-state index contributed by atoms with van der Waals surface area (Å²) >= 11 is 0. The molecule has 0 spiro atoms. The van der Waals surface area contributed by atoms with Gasteiger partial charge in [0.05, 0.1) is 11.1 Å². The maximum absolute atomic E-state index is 13.6. The minimum Gasteiger partial charge on any atom is -0.288 e. The van der Waals surface area contributed by atoms with Gasteiger partial charge in [-0.05, 0) is 36.8 Å². The third kappa shape index (κ3) is 2.14. The van der Waals surface area contributed by atoms with Gasteiger partial charge in [-0.25, -0.2) is 13.2 Å². The van der Waals surface area contributed by atoms with Crippen LogP contribution in [0.25, 0.3) is 0 Å². The normalized spacial score (nSPS) is 10.4. The Balaban J connectivity index is 2.51. The van der Waals surface area contributed by atoms with Gasteiger partial charge in [0.25, 0.3) is 0 Å². The minimum absolute atomic E-state index is 0.273. The van der Waals surface area contributed by atoms with Crippen LogP contribution in [0.4, 0.5) is 13.2 Å². The first kappa shape index (κ1) is 12.4. The number of rotatable bonds is 2. The Bertz CT molecular complexity index is 620. The molecule has 0 saturated heterocycles. The topological polar surface area (TPSA) is 17.1 Å². The van der Waals surface area contributed by atoms with Gasteiger partial charge in [0.1, 0.15) is 5.82 Å². The number of carbonyl (C=O) groups is 1.